The van der Waals surface area contributed by atoms with Crippen LogP contribution in [0.15, 0.2) is 18.2 Å². The van der Waals surface area contributed by atoms with Crippen LogP contribution in [0.4, 0.5) is 0 Å². The molecule has 1 aromatic rings. The fourth-order valence-electron chi connectivity index (χ4n) is 3.22. The van der Waals surface area contributed by atoms with E-state index < -0.39 is 0 Å². The minimum absolute atomic E-state index is 0.167. The number of hydrogen-bond donors (Lipinski definition) is 2. The summed E-state index contributed by atoms with van der Waals surface area (Å²) in [7, 11) is 0. The summed E-state index contributed by atoms with van der Waals surface area (Å²) in [5.41, 5.74) is 1.15. The van der Waals surface area contributed by atoms with Crippen LogP contribution >= 0.6 is 0 Å². The van der Waals surface area contributed by atoms with E-state index >= 15 is 0 Å². The van der Waals surface area contributed by atoms with Crippen molar-refractivity contribution >= 4 is 0 Å². The molecule has 2 N–H and O–H groups in total. The van der Waals surface area contributed by atoms with Crippen LogP contribution in [0.25, 0.3) is 0 Å². The van der Waals surface area contributed by atoms with Gasteiger partial charge in [0.2, 0.25) is 6.79 Å². The first-order valence-corrected chi connectivity index (χ1v) is 8.65. The lowest BCUT2D eigenvalue weighted by atomic mass is 9.99. The molecule has 5 heteroatoms. The first kappa shape index (κ1) is 16.6. The first-order valence-electron chi connectivity index (χ1n) is 8.65. The number of fused-ring (bicyclic) bond motifs is 1. The topological polar surface area (TPSA) is 54.0 Å². The van der Waals surface area contributed by atoms with Crippen molar-refractivity contribution in [2.24, 2.45) is 5.92 Å². The number of nitrogens with zero attached hydrogens (tertiary/aromatic N) is 1. The van der Waals surface area contributed by atoms with E-state index in [0.29, 0.717) is 13.3 Å². The van der Waals surface area contributed by atoms with E-state index in [1.165, 1.54) is 12.8 Å². The van der Waals surface area contributed by atoms with Gasteiger partial charge in [0.25, 0.3) is 0 Å². The average Bonchev–Trinajstić information content (AvgIpc) is 3.02. The molecule has 0 bridgehead atoms. The van der Waals surface area contributed by atoms with Crippen LogP contribution in [0.5, 0.6) is 11.5 Å². The van der Waals surface area contributed by atoms with Gasteiger partial charge in [0, 0.05) is 19.1 Å². The van der Waals surface area contributed by atoms with Crippen LogP contribution in [-0.2, 0) is 0 Å². The lowest BCUT2D eigenvalue weighted by Crippen LogP contribution is -2.42. The van der Waals surface area contributed by atoms with Crippen molar-refractivity contribution in [2.45, 2.75) is 38.8 Å². The van der Waals surface area contributed by atoms with E-state index in [9.17, 15) is 5.11 Å². The van der Waals surface area contributed by atoms with Gasteiger partial charge in [-0.1, -0.05) is 13.0 Å². The Bertz CT molecular complexity index is 515. The van der Waals surface area contributed by atoms with Gasteiger partial charge in [-0.25, -0.2) is 0 Å². The van der Waals surface area contributed by atoms with E-state index in [1.54, 1.807) is 0 Å². The highest BCUT2D eigenvalue weighted by atomic mass is 16.7. The number of benzene rings is 1. The Morgan fingerprint density at radius 3 is 2.78 bits per heavy atom. The monoisotopic (exact) mass is 320 g/mol. The van der Waals surface area contributed by atoms with E-state index in [-0.39, 0.29) is 12.1 Å². The summed E-state index contributed by atoms with van der Waals surface area (Å²) in [6, 6.07) is 6.17. The Labute approximate surface area is 138 Å². The Hall–Kier alpha value is -1.30. The molecule has 128 valence electrons. The second-order valence-electron chi connectivity index (χ2n) is 6.88. The lowest BCUT2D eigenvalue weighted by molar-refractivity contribution is 0.0892. The quantitative estimate of drug-likeness (QED) is 0.841. The zero-order valence-electron chi connectivity index (χ0n) is 14.1. The maximum atomic E-state index is 10.3. The van der Waals surface area contributed by atoms with Crippen LogP contribution in [-0.4, -0.2) is 49.1 Å². The molecule has 0 amide bonds. The molecular weight excluding hydrogens is 292 g/mol. The highest BCUT2D eigenvalue weighted by Gasteiger charge is 2.19. The highest BCUT2D eigenvalue weighted by Crippen LogP contribution is 2.34. The van der Waals surface area contributed by atoms with Crippen molar-refractivity contribution in [3.8, 4) is 11.5 Å². The van der Waals surface area contributed by atoms with Crippen LogP contribution < -0.4 is 14.8 Å². The molecule has 23 heavy (non-hydrogen) atoms. The largest absolute Gasteiger partial charge is 0.454 e. The predicted octanol–water partition coefficient (Wildman–Crippen LogP) is 2.16. The molecule has 1 fully saturated rings. The van der Waals surface area contributed by atoms with Gasteiger partial charge >= 0.3 is 0 Å². The molecule has 1 saturated heterocycles. The third-order valence-electron chi connectivity index (χ3n) is 4.90. The third-order valence-corrected chi connectivity index (χ3v) is 4.90. The smallest absolute Gasteiger partial charge is 0.231 e. The van der Waals surface area contributed by atoms with E-state index in [4.69, 9.17) is 9.47 Å². The number of ether oxygens (including phenoxy) is 2. The lowest BCUT2D eigenvalue weighted by Gasteiger charge is -2.32. The maximum absolute atomic E-state index is 10.3. The van der Waals surface area contributed by atoms with Gasteiger partial charge in [0.1, 0.15) is 0 Å². The first-order chi connectivity index (χ1) is 11.1. The van der Waals surface area contributed by atoms with E-state index in [0.717, 1.165) is 42.6 Å². The molecule has 1 aromatic carbocycles. The van der Waals surface area contributed by atoms with Crippen molar-refractivity contribution in [2.75, 3.05) is 33.0 Å². The second kappa shape index (κ2) is 7.51. The number of likely N-dealkylation sites (tertiary alicyclic amines) is 1. The van der Waals surface area contributed by atoms with Gasteiger partial charge in [0.05, 0.1) is 6.10 Å². The summed E-state index contributed by atoms with van der Waals surface area (Å²) in [4.78, 5) is 2.37. The molecule has 2 unspecified atom stereocenters. The third kappa shape index (κ3) is 4.37. The molecule has 2 aliphatic heterocycles. The zero-order valence-corrected chi connectivity index (χ0v) is 14.1. The fourth-order valence-corrected chi connectivity index (χ4v) is 3.22. The number of nitrogens with one attached hydrogen (secondary N) is 1. The van der Waals surface area contributed by atoms with Gasteiger partial charge in [-0.2, -0.15) is 0 Å². The van der Waals surface area contributed by atoms with Crippen molar-refractivity contribution in [1.82, 2.24) is 10.2 Å². The minimum Gasteiger partial charge on any atom is -0.454 e. The maximum Gasteiger partial charge on any atom is 0.231 e. The summed E-state index contributed by atoms with van der Waals surface area (Å²) in [5, 5.41) is 13.7. The van der Waals surface area contributed by atoms with Gasteiger partial charge < -0.3 is 24.8 Å². The van der Waals surface area contributed by atoms with Gasteiger partial charge in [0.15, 0.2) is 11.5 Å². The van der Waals surface area contributed by atoms with Gasteiger partial charge in [-0.15, -0.1) is 0 Å². The Balaban J connectivity index is 1.44. The molecule has 5 nitrogen and oxygen atoms in total. The van der Waals surface area contributed by atoms with Crippen LogP contribution in [0.2, 0.25) is 0 Å². The van der Waals surface area contributed by atoms with Gasteiger partial charge in [-0.3, -0.25) is 0 Å². The summed E-state index contributed by atoms with van der Waals surface area (Å²) in [5.74, 6) is 2.44. The number of hydrogen-bond acceptors (Lipinski definition) is 5. The molecular formula is C18H28N2O3. The second-order valence-corrected chi connectivity index (χ2v) is 6.88. The number of aliphatic hydroxyl groups excluding tert-OH is 1. The van der Waals surface area contributed by atoms with E-state index in [1.807, 2.05) is 18.2 Å². The number of piperidine rings is 1. The molecule has 0 saturated carbocycles. The van der Waals surface area contributed by atoms with Crippen molar-refractivity contribution in [1.29, 1.82) is 0 Å². The molecule has 0 radical (unpaired) electrons. The van der Waals surface area contributed by atoms with Crippen molar-refractivity contribution in [3.63, 3.8) is 0 Å². The Morgan fingerprint density at radius 2 is 2.00 bits per heavy atom. The molecule has 2 atom stereocenters. The van der Waals surface area contributed by atoms with Crippen LogP contribution in [0.1, 0.15) is 38.3 Å². The number of rotatable bonds is 6. The number of β-amino-alcohol motifs (C(OH)–C–C–N with tert-alkyl or cyclic N) is 1. The number of aliphatic hydroxyl groups is 1. The summed E-state index contributed by atoms with van der Waals surface area (Å²) < 4.78 is 10.8. The fraction of sp³-hybridized carbons (Fsp3) is 0.667. The minimum atomic E-state index is -0.333. The molecule has 0 aromatic heterocycles. The molecule has 3 rings (SSSR count). The normalized spacial score (nSPS) is 21.3. The molecule has 0 spiro atoms. The predicted molar refractivity (Wildman–Crippen MR) is 89.8 cm³/mol. The Kier molecular flexibility index (Phi) is 5.41. The SMILES string of the molecule is CC1CCN(CC(O)CNC(C)c2ccc3c(c2)OCO3)CC1. The molecule has 2 heterocycles. The van der Waals surface area contributed by atoms with Crippen LogP contribution in [0.3, 0.4) is 0 Å². The highest BCUT2D eigenvalue weighted by molar-refractivity contribution is 5.45. The van der Waals surface area contributed by atoms with Crippen molar-refractivity contribution in [3.05, 3.63) is 23.8 Å². The van der Waals surface area contributed by atoms with Gasteiger partial charge in [-0.05, 0) is 56.5 Å². The summed E-state index contributed by atoms with van der Waals surface area (Å²) in [6.07, 6.45) is 2.15. The molecule has 2 aliphatic rings. The molecule has 0 aliphatic carbocycles. The Morgan fingerprint density at radius 1 is 1.26 bits per heavy atom. The summed E-state index contributed by atoms with van der Waals surface area (Å²) >= 11 is 0. The van der Waals surface area contributed by atoms with Crippen LogP contribution in [0, 0.1) is 5.92 Å². The average molecular weight is 320 g/mol. The standard InChI is InChI=1S/C18H28N2O3/c1-13-5-7-20(8-6-13)11-16(21)10-19-14(2)15-3-4-17-18(9-15)23-12-22-17/h3-4,9,13-14,16,19,21H,5-8,10-12H2,1-2H3. The zero-order chi connectivity index (χ0) is 16.2. The van der Waals surface area contributed by atoms with E-state index in [2.05, 4.69) is 24.1 Å². The van der Waals surface area contributed by atoms with Crippen molar-refractivity contribution < 1.29 is 14.6 Å². The summed E-state index contributed by atoms with van der Waals surface area (Å²) in [6.45, 7) is 8.28.